The molecule has 2 heterocycles. The average Bonchev–Trinajstić information content (AvgIpc) is 3.01. The van der Waals surface area contributed by atoms with Crippen molar-refractivity contribution in [1.82, 2.24) is 0 Å². The van der Waals surface area contributed by atoms with Crippen molar-refractivity contribution < 1.29 is 14.2 Å². The van der Waals surface area contributed by atoms with Crippen LogP contribution in [0.2, 0.25) is 0 Å². The number of nitrogens with two attached hydrogens (primary N) is 1. The Labute approximate surface area is 106 Å². The van der Waals surface area contributed by atoms with E-state index in [4.69, 9.17) is 19.9 Å². The van der Waals surface area contributed by atoms with E-state index in [-0.39, 0.29) is 18.3 Å². The Morgan fingerprint density at radius 1 is 1.33 bits per heavy atom. The van der Waals surface area contributed by atoms with Crippen molar-refractivity contribution in [3.63, 3.8) is 0 Å². The van der Waals surface area contributed by atoms with Gasteiger partial charge in [0.15, 0.2) is 11.5 Å². The van der Waals surface area contributed by atoms with E-state index >= 15 is 0 Å². The molecule has 3 rings (SSSR count). The zero-order valence-corrected chi connectivity index (χ0v) is 10.3. The molecular formula is C14H17NO3. The molecule has 1 aromatic carbocycles. The Hall–Kier alpha value is -1.52. The Morgan fingerprint density at radius 3 is 2.83 bits per heavy atom. The molecule has 2 bridgehead atoms. The Balaban J connectivity index is 1.78. The third-order valence-electron chi connectivity index (χ3n) is 3.42. The third-order valence-corrected chi connectivity index (χ3v) is 3.42. The minimum atomic E-state index is 0.0777. The fourth-order valence-corrected chi connectivity index (χ4v) is 2.45. The van der Waals surface area contributed by atoms with E-state index in [1.54, 1.807) is 7.11 Å². The molecule has 0 aromatic heterocycles. The van der Waals surface area contributed by atoms with Crippen LogP contribution in [0.4, 0.5) is 0 Å². The fraction of sp³-hybridized carbons (Fsp3) is 0.429. The molecule has 3 unspecified atom stereocenters. The molecule has 3 atom stereocenters. The number of hydrogen-bond acceptors (Lipinski definition) is 4. The molecular weight excluding hydrogens is 230 g/mol. The average molecular weight is 247 g/mol. The van der Waals surface area contributed by atoms with E-state index in [2.05, 4.69) is 12.2 Å². The largest absolute Gasteiger partial charge is 0.493 e. The highest BCUT2D eigenvalue weighted by molar-refractivity contribution is 5.43. The van der Waals surface area contributed by atoms with E-state index in [0.29, 0.717) is 6.54 Å². The maximum absolute atomic E-state index is 5.99. The SMILES string of the molecule is COc1cc(CN)ccc1OC1CC2C=CC1O2. The molecule has 2 N–H and O–H groups in total. The standard InChI is InChI=1S/C14H17NO3/c1-16-13-6-9(8-15)2-4-11(13)18-14-7-10-3-5-12(14)17-10/h2-6,10,12,14H,7-8,15H2,1H3. The van der Waals surface area contributed by atoms with Gasteiger partial charge in [0, 0.05) is 13.0 Å². The second-order valence-corrected chi connectivity index (χ2v) is 4.61. The van der Waals surface area contributed by atoms with Crippen LogP contribution in [-0.2, 0) is 11.3 Å². The van der Waals surface area contributed by atoms with E-state index in [1.807, 2.05) is 18.2 Å². The number of fused-ring (bicyclic) bond motifs is 2. The Morgan fingerprint density at radius 2 is 2.22 bits per heavy atom. The lowest BCUT2D eigenvalue weighted by Crippen LogP contribution is -2.26. The van der Waals surface area contributed by atoms with Gasteiger partial charge in [0.1, 0.15) is 12.2 Å². The first kappa shape index (κ1) is 11.6. The summed E-state index contributed by atoms with van der Waals surface area (Å²) in [4.78, 5) is 0. The highest BCUT2D eigenvalue weighted by Gasteiger charge is 2.38. The zero-order valence-electron chi connectivity index (χ0n) is 10.3. The minimum absolute atomic E-state index is 0.0777. The van der Waals surface area contributed by atoms with Gasteiger partial charge < -0.3 is 19.9 Å². The van der Waals surface area contributed by atoms with Gasteiger partial charge in [-0.3, -0.25) is 0 Å². The Bertz CT molecular complexity index is 472. The summed E-state index contributed by atoms with van der Waals surface area (Å²) >= 11 is 0. The number of ether oxygens (including phenoxy) is 3. The zero-order chi connectivity index (χ0) is 12.5. The monoisotopic (exact) mass is 247 g/mol. The van der Waals surface area contributed by atoms with Crippen LogP contribution in [0, 0.1) is 0 Å². The Kier molecular flexibility index (Phi) is 2.97. The highest BCUT2D eigenvalue weighted by Crippen LogP contribution is 2.35. The van der Waals surface area contributed by atoms with Crippen molar-refractivity contribution in [2.24, 2.45) is 5.73 Å². The van der Waals surface area contributed by atoms with Gasteiger partial charge >= 0.3 is 0 Å². The summed E-state index contributed by atoms with van der Waals surface area (Å²) in [6.45, 7) is 0.497. The van der Waals surface area contributed by atoms with Crippen LogP contribution in [-0.4, -0.2) is 25.4 Å². The van der Waals surface area contributed by atoms with E-state index < -0.39 is 0 Å². The number of rotatable bonds is 4. The van der Waals surface area contributed by atoms with Gasteiger partial charge in [-0.05, 0) is 17.7 Å². The molecule has 0 aliphatic carbocycles. The van der Waals surface area contributed by atoms with Crippen LogP contribution < -0.4 is 15.2 Å². The predicted molar refractivity (Wildman–Crippen MR) is 67.7 cm³/mol. The third kappa shape index (κ3) is 1.98. The lowest BCUT2D eigenvalue weighted by molar-refractivity contribution is 0.0788. The molecule has 2 aliphatic rings. The second kappa shape index (κ2) is 4.63. The first-order chi connectivity index (χ1) is 8.80. The van der Waals surface area contributed by atoms with Crippen molar-refractivity contribution in [3.05, 3.63) is 35.9 Å². The van der Waals surface area contributed by atoms with Crippen LogP contribution in [0.15, 0.2) is 30.4 Å². The number of methoxy groups -OCH3 is 1. The molecule has 4 heteroatoms. The predicted octanol–water partition coefficient (Wildman–Crippen LogP) is 1.63. The van der Waals surface area contributed by atoms with E-state index in [9.17, 15) is 0 Å². The summed E-state index contributed by atoms with van der Waals surface area (Å²) in [5, 5.41) is 0. The summed E-state index contributed by atoms with van der Waals surface area (Å²) in [5.41, 5.74) is 6.64. The number of hydrogen-bond donors (Lipinski definition) is 1. The van der Waals surface area contributed by atoms with Gasteiger partial charge in [-0.15, -0.1) is 0 Å². The quantitative estimate of drug-likeness (QED) is 0.822. The van der Waals surface area contributed by atoms with Crippen LogP contribution in [0.25, 0.3) is 0 Å². The van der Waals surface area contributed by atoms with Gasteiger partial charge in [0.25, 0.3) is 0 Å². The van der Waals surface area contributed by atoms with Gasteiger partial charge in [0.05, 0.1) is 13.2 Å². The van der Waals surface area contributed by atoms with Gasteiger partial charge in [0.2, 0.25) is 0 Å². The molecule has 0 spiro atoms. The smallest absolute Gasteiger partial charge is 0.161 e. The van der Waals surface area contributed by atoms with Crippen molar-refractivity contribution in [1.29, 1.82) is 0 Å². The summed E-state index contributed by atoms with van der Waals surface area (Å²) in [6, 6.07) is 5.79. The maximum Gasteiger partial charge on any atom is 0.161 e. The molecule has 0 amide bonds. The molecule has 4 nitrogen and oxygen atoms in total. The molecule has 2 aliphatic heterocycles. The number of benzene rings is 1. The van der Waals surface area contributed by atoms with Crippen LogP contribution in [0.1, 0.15) is 12.0 Å². The summed E-state index contributed by atoms with van der Waals surface area (Å²) < 4.78 is 17.0. The van der Waals surface area contributed by atoms with Crippen molar-refractivity contribution >= 4 is 0 Å². The summed E-state index contributed by atoms with van der Waals surface area (Å²) in [6.07, 6.45) is 5.45. The lowest BCUT2D eigenvalue weighted by atomic mass is 10.0. The summed E-state index contributed by atoms with van der Waals surface area (Å²) in [7, 11) is 1.64. The fourth-order valence-electron chi connectivity index (χ4n) is 2.45. The molecule has 18 heavy (non-hydrogen) atoms. The highest BCUT2D eigenvalue weighted by atomic mass is 16.6. The molecule has 96 valence electrons. The van der Waals surface area contributed by atoms with Crippen molar-refractivity contribution in [2.45, 2.75) is 31.3 Å². The first-order valence-corrected chi connectivity index (χ1v) is 6.17. The van der Waals surface area contributed by atoms with Crippen molar-refractivity contribution in [3.8, 4) is 11.5 Å². The molecule has 1 fully saturated rings. The van der Waals surface area contributed by atoms with Crippen molar-refractivity contribution in [2.75, 3.05) is 7.11 Å². The van der Waals surface area contributed by atoms with E-state index in [1.165, 1.54) is 0 Å². The molecule has 1 saturated heterocycles. The minimum Gasteiger partial charge on any atom is -0.493 e. The van der Waals surface area contributed by atoms with Gasteiger partial charge in [-0.25, -0.2) is 0 Å². The maximum atomic E-state index is 5.99. The molecule has 1 aromatic rings. The second-order valence-electron chi connectivity index (χ2n) is 4.61. The lowest BCUT2D eigenvalue weighted by Gasteiger charge is -2.20. The van der Waals surface area contributed by atoms with Crippen LogP contribution in [0.5, 0.6) is 11.5 Å². The van der Waals surface area contributed by atoms with Gasteiger partial charge in [-0.2, -0.15) is 0 Å². The van der Waals surface area contributed by atoms with Crippen LogP contribution >= 0.6 is 0 Å². The first-order valence-electron chi connectivity index (χ1n) is 6.17. The molecule has 0 saturated carbocycles. The topological polar surface area (TPSA) is 53.7 Å². The van der Waals surface area contributed by atoms with Gasteiger partial charge in [-0.1, -0.05) is 18.2 Å². The summed E-state index contributed by atoms with van der Waals surface area (Å²) in [5.74, 6) is 1.48. The van der Waals surface area contributed by atoms with E-state index in [0.717, 1.165) is 23.5 Å². The normalized spacial score (nSPS) is 28.7. The molecule has 0 radical (unpaired) electrons. The van der Waals surface area contributed by atoms with Crippen LogP contribution in [0.3, 0.4) is 0 Å².